The minimum atomic E-state index is -1.30. The summed E-state index contributed by atoms with van der Waals surface area (Å²) in [5, 5.41) is 4.50. The van der Waals surface area contributed by atoms with Crippen molar-refractivity contribution in [3.8, 4) is 16.3 Å². The number of carbonyl (C=O) groups is 2. The van der Waals surface area contributed by atoms with Crippen molar-refractivity contribution in [2.45, 2.75) is 43.7 Å². The first kappa shape index (κ1) is 24.0. The molecule has 1 saturated carbocycles. The SMILES string of the molecule is CN(C)C(c1cccs1)C1CCC(OC(=O)c2csc(-c3ccc4c(c3)CCO4)n2)(C(N)=O)CC1. The van der Waals surface area contributed by atoms with Crippen LogP contribution in [0.15, 0.2) is 41.1 Å². The summed E-state index contributed by atoms with van der Waals surface area (Å²) in [5.41, 5.74) is 6.78. The van der Waals surface area contributed by atoms with Crippen molar-refractivity contribution in [1.82, 2.24) is 9.88 Å². The molecule has 3 heterocycles. The molecule has 1 amide bonds. The summed E-state index contributed by atoms with van der Waals surface area (Å²) in [5.74, 6) is 0.0663. The maximum absolute atomic E-state index is 13.1. The van der Waals surface area contributed by atoms with Gasteiger partial charge in [-0.05, 0) is 80.9 Å². The van der Waals surface area contributed by atoms with Crippen LogP contribution < -0.4 is 10.5 Å². The Balaban J connectivity index is 1.29. The first-order chi connectivity index (χ1) is 16.9. The summed E-state index contributed by atoms with van der Waals surface area (Å²) in [7, 11) is 4.16. The van der Waals surface area contributed by atoms with E-state index in [2.05, 4.69) is 47.6 Å². The highest BCUT2D eigenvalue weighted by atomic mass is 32.1. The van der Waals surface area contributed by atoms with E-state index < -0.39 is 17.5 Å². The Labute approximate surface area is 212 Å². The lowest BCUT2D eigenvalue weighted by atomic mass is 9.74. The standard InChI is InChI=1S/C26H29N3O4S2/c1-29(2)22(21-4-3-13-34-21)16-7-10-26(11-8-16,25(27)31)33-24(30)19-15-35-23(28-19)18-5-6-20-17(14-18)9-12-32-20/h3-6,13-16,22H,7-12H2,1-2H3,(H2,27,31). The van der Waals surface area contributed by atoms with Gasteiger partial charge in [-0.1, -0.05) is 6.07 Å². The Hall–Kier alpha value is -2.75. The van der Waals surface area contributed by atoms with Crippen molar-refractivity contribution < 1.29 is 19.1 Å². The van der Waals surface area contributed by atoms with Crippen LogP contribution in [-0.2, 0) is 16.0 Å². The number of thiophene rings is 1. The number of primary amides is 1. The van der Waals surface area contributed by atoms with E-state index in [1.54, 1.807) is 16.7 Å². The number of carbonyl (C=O) groups excluding carboxylic acids is 2. The second-order valence-corrected chi connectivity index (χ2v) is 11.3. The van der Waals surface area contributed by atoms with E-state index in [1.165, 1.54) is 16.2 Å². The van der Waals surface area contributed by atoms with E-state index in [4.69, 9.17) is 15.2 Å². The topological polar surface area (TPSA) is 94.8 Å². The normalized spacial score (nSPS) is 22.4. The monoisotopic (exact) mass is 511 g/mol. The first-order valence-corrected chi connectivity index (χ1v) is 13.6. The third-order valence-electron chi connectivity index (χ3n) is 7.06. The van der Waals surface area contributed by atoms with Gasteiger partial charge in [-0.15, -0.1) is 22.7 Å². The fraction of sp³-hybridized carbons (Fsp3) is 0.423. The molecule has 184 valence electrons. The predicted octanol–water partition coefficient (Wildman–Crippen LogP) is 4.68. The van der Waals surface area contributed by atoms with Crippen molar-refractivity contribution in [2.75, 3.05) is 20.7 Å². The van der Waals surface area contributed by atoms with Crippen LogP contribution in [0.3, 0.4) is 0 Å². The zero-order valence-electron chi connectivity index (χ0n) is 19.9. The summed E-state index contributed by atoms with van der Waals surface area (Å²) in [6.07, 6.45) is 3.19. The Morgan fingerprint density at radius 1 is 1.23 bits per heavy atom. The summed E-state index contributed by atoms with van der Waals surface area (Å²) >= 11 is 3.12. The van der Waals surface area contributed by atoms with E-state index in [9.17, 15) is 9.59 Å². The fourth-order valence-electron chi connectivity index (χ4n) is 5.24. The van der Waals surface area contributed by atoms with Gasteiger partial charge in [-0.25, -0.2) is 9.78 Å². The molecule has 3 aromatic rings. The molecule has 2 aromatic heterocycles. The van der Waals surface area contributed by atoms with Gasteiger partial charge >= 0.3 is 5.97 Å². The molecule has 1 fully saturated rings. The summed E-state index contributed by atoms with van der Waals surface area (Å²) in [6, 6.07) is 10.4. The number of hydrogen-bond donors (Lipinski definition) is 1. The lowest BCUT2D eigenvalue weighted by Gasteiger charge is -2.41. The molecule has 1 atom stereocenters. The maximum Gasteiger partial charge on any atom is 0.358 e. The molecule has 7 nitrogen and oxygen atoms in total. The third-order valence-corrected chi connectivity index (χ3v) is 8.90. The van der Waals surface area contributed by atoms with Gasteiger partial charge in [0.05, 0.1) is 6.61 Å². The number of nitrogens with two attached hydrogens (primary N) is 1. The molecular weight excluding hydrogens is 482 g/mol. The number of fused-ring (bicyclic) bond motifs is 1. The molecule has 35 heavy (non-hydrogen) atoms. The second-order valence-electron chi connectivity index (χ2n) is 9.47. The third kappa shape index (κ3) is 4.72. The van der Waals surface area contributed by atoms with Crippen LogP contribution in [0.25, 0.3) is 10.6 Å². The molecular formula is C26H29N3O4S2. The highest BCUT2D eigenvalue weighted by molar-refractivity contribution is 7.13. The molecule has 0 spiro atoms. The molecule has 1 aromatic carbocycles. The zero-order valence-corrected chi connectivity index (χ0v) is 21.5. The van der Waals surface area contributed by atoms with E-state index in [1.807, 2.05) is 12.1 Å². The van der Waals surface area contributed by atoms with Crippen LogP contribution in [0.4, 0.5) is 0 Å². The zero-order chi connectivity index (χ0) is 24.6. The molecule has 9 heteroatoms. The second kappa shape index (κ2) is 9.72. The smallest absolute Gasteiger partial charge is 0.358 e. The average Bonchev–Trinajstić information content (AvgIpc) is 3.61. The van der Waals surface area contributed by atoms with Gasteiger partial charge in [0.25, 0.3) is 5.91 Å². The van der Waals surface area contributed by atoms with Gasteiger partial charge in [0.2, 0.25) is 0 Å². The number of nitrogens with zero attached hydrogens (tertiary/aromatic N) is 2. The molecule has 1 unspecified atom stereocenters. The number of thiazole rings is 1. The molecule has 5 rings (SSSR count). The number of rotatable bonds is 7. The van der Waals surface area contributed by atoms with Crippen molar-refractivity contribution in [1.29, 1.82) is 0 Å². The number of aromatic nitrogens is 1. The van der Waals surface area contributed by atoms with Crippen LogP contribution in [0.5, 0.6) is 5.75 Å². The highest BCUT2D eigenvalue weighted by Crippen LogP contribution is 2.43. The Kier molecular flexibility index (Phi) is 6.65. The van der Waals surface area contributed by atoms with E-state index in [0.717, 1.165) is 41.1 Å². The molecule has 1 aliphatic heterocycles. The molecule has 1 aliphatic carbocycles. The lowest BCUT2D eigenvalue weighted by Crippen LogP contribution is -2.51. The van der Waals surface area contributed by atoms with E-state index >= 15 is 0 Å². The van der Waals surface area contributed by atoms with Crippen LogP contribution >= 0.6 is 22.7 Å². The van der Waals surface area contributed by atoms with Crippen LogP contribution in [0, 0.1) is 5.92 Å². The summed E-state index contributed by atoms with van der Waals surface area (Å²) < 4.78 is 11.4. The quantitative estimate of drug-likeness (QED) is 0.463. The van der Waals surface area contributed by atoms with Gasteiger partial charge in [0.15, 0.2) is 11.3 Å². The number of hydrogen-bond acceptors (Lipinski definition) is 8. The van der Waals surface area contributed by atoms with Crippen LogP contribution in [0.2, 0.25) is 0 Å². The molecule has 2 aliphatic rings. The first-order valence-electron chi connectivity index (χ1n) is 11.8. The van der Waals surface area contributed by atoms with Crippen molar-refractivity contribution in [3.05, 3.63) is 57.2 Å². The average molecular weight is 512 g/mol. The molecule has 0 saturated heterocycles. The molecule has 0 bridgehead atoms. The Morgan fingerprint density at radius 3 is 2.71 bits per heavy atom. The molecule has 2 N–H and O–H groups in total. The fourth-order valence-corrected chi connectivity index (χ4v) is 7.04. The molecule has 0 radical (unpaired) electrons. The largest absolute Gasteiger partial charge is 0.493 e. The predicted molar refractivity (Wildman–Crippen MR) is 137 cm³/mol. The Morgan fingerprint density at radius 2 is 2.03 bits per heavy atom. The van der Waals surface area contributed by atoms with Crippen molar-refractivity contribution in [3.63, 3.8) is 0 Å². The number of benzene rings is 1. The van der Waals surface area contributed by atoms with Gasteiger partial charge in [0, 0.05) is 28.3 Å². The number of ether oxygens (including phenoxy) is 2. The summed E-state index contributed by atoms with van der Waals surface area (Å²) in [4.78, 5) is 33.6. The highest BCUT2D eigenvalue weighted by Gasteiger charge is 2.46. The van der Waals surface area contributed by atoms with Crippen molar-refractivity contribution in [2.24, 2.45) is 11.7 Å². The van der Waals surface area contributed by atoms with Gasteiger partial charge < -0.3 is 20.1 Å². The van der Waals surface area contributed by atoms with Crippen molar-refractivity contribution >= 4 is 34.6 Å². The van der Waals surface area contributed by atoms with Gasteiger partial charge in [0.1, 0.15) is 10.8 Å². The number of esters is 1. The lowest BCUT2D eigenvalue weighted by molar-refractivity contribution is -0.142. The minimum Gasteiger partial charge on any atom is -0.493 e. The number of amides is 1. The van der Waals surface area contributed by atoms with Gasteiger partial charge in [-0.2, -0.15) is 0 Å². The van der Waals surface area contributed by atoms with E-state index in [-0.39, 0.29) is 11.7 Å². The van der Waals surface area contributed by atoms with Crippen LogP contribution in [-0.4, -0.2) is 48.1 Å². The summed E-state index contributed by atoms with van der Waals surface area (Å²) in [6.45, 7) is 0.687. The minimum absolute atomic E-state index is 0.203. The van der Waals surface area contributed by atoms with Crippen LogP contribution in [0.1, 0.15) is 52.7 Å². The Bertz CT molecular complexity index is 1210. The van der Waals surface area contributed by atoms with Gasteiger partial charge in [-0.3, -0.25) is 4.79 Å². The van der Waals surface area contributed by atoms with E-state index in [0.29, 0.717) is 25.4 Å². The maximum atomic E-state index is 13.1.